The van der Waals surface area contributed by atoms with E-state index in [0.29, 0.717) is 0 Å². The van der Waals surface area contributed by atoms with Crippen LogP contribution >= 0.6 is 22.7 Å². The number of nitrogens with zero attached hydrogens (tertiary/aromatic N) is 18. The number of para-hydroxylation sites is 1. The van der Waals surface area contributed by atoms with E-state index in [1.165, 1.54) is 93.9 Å². The third kappa shape index (κ3) is 8.94. The Labute approximate surface area is 582 Å². The topological polar surface area (TPSA) is 131 Å². The third-order valence-electron chi connectivity index (χ3n) is 19.9. The molecule has 19 heterocycles. The molecule has 25 rings (SSSR count). The zero-order valence-electron chi connectivity index (χ0n) is 54.3. The lowest BCUT2D eigenvalue weighted by Gasteiger charge is -2.04. The fourth-order valence-electron chi connectivity index (χ4n) is 15.4. The highest BCUT2D eigenvalue weighted by molar-refractivity contribution is 7.22. The fourth-order valence-corrected chi connectivity index (χ4v) is 17.5. The molecule has 0 saturated carbocycles. The molecule has 101 heavy (non-hydrogen) atoms. The van der Waals surface area contributed by atoms with Crippen LogP contribution in [0, 0.1) is 6.92 Å². The average Bonchev–Trinajstić information content (AvgIpc) is 1.59. The number of thiazole rings is 2. The Hall–Kier alpha value is -13.0. The van der Waals surface area contributed by atoms with Crippen LogP contribution in [0.2, 0.25) is 0 Å². The maximum Gasteiger partial charge on any atom is 0.394 e. The number of fused-ring (bicyclic) bond motifs is 31. The molecule has 480 valence electrons. The molecule has 0 radical (unpaired) electrons. The van der Waals surface area contributed by atoms with Crippen LogP contribution in [0.15, 0.2) is 287 Å². The quantitative estimate of drug-likeness (QED) is 0.158. The Morgan fingerprint density at radius 3 is 1.63 bits per heavy atom. The fraction of sp³-hybridized carbons (Fsp3) is 0.0617. The van der Waals surface area contributed by atoms with E-state index in [0.717, 1.165) is 92.2 Å². The van der Waals surface area contributed by atoms with E-state index in [-0.39, 0.29) is 0 Å². The van der Waals surface area contributed by atoms with Gasteiger partial charge in [0.25, 0.3) is 11.5 Å². The van der Waals surface area contributed by atoms with Crippen LogP contribution in [-0.2, 0) is 26.2 Å². The van der Waals surface area contributed by atoms with Gasteiger partial charge in [-0.05, 0) is 120 Å². The minimum Gasteiger partial charge on any atom is -0.281 e. The van der Waals surface area contributed by atoms with Gasteiger partial charge in [0.1, 0.15) is 61.8 Å². The molecular formula is C81H58N18S2+4. The second-order valence-electron chi connectivity index (χ2n) is 25.7. The second kappa shape index (κ2) is 22.5. The van der Waals surface area contributed by atoms with Crippen molar-refractivity contribution in [2.24, 2.45) is 0 Å². The molecule has 0 atom stereocenters. The number of benzene rings is 6. The molecule has 0 N–H and O–H groups in total. The van der Waals surface area contributed by atoms with E-state index in [1.54, 1.807) is 22.7 Å². The lowest BCUT2D eigenvalue weighted by atomic mass is 10.1. The van der Waals surface area contributed by atoms with Gasteiger partial charge in [-0.15, -0.1) is 9.61 Å². The predicted molar refractivity (Wildman–Crippen MR) is 392 cm³/mol. The third-order valence-corrected chi connectivity index (χ3v) is 22.1. The van der Waals surface area contributed by atoms with Gasteiger partial charge < -0.3 is 0 Å². The lowest BCUT2D eigenvalue weighted by molar-refractivity contribution is -0.670. The molecule has 0 unspecified atom stereocenters. The molecule has 4 aliphatic rings. The van der Waals surface area contributed by atoms with E-state index in [1.807, 2.05) is 88.5 Å². The molecule has 0 amide bonds. The molecule has 15 aromatic heterocycles. The normalized spacial score (nSPS) is 12.6. The van der Waals surface area contributed by atoms with Crippen LogP contribution < -0.4 is 17.8 Å². The first kappa shape index (κ1) is 57.1. The molecule has 0 aliphatic carbocycles. The lowest BCUT2D eigenvalue weighted by Crippen LogP contribution is -2.29. The Balaban J connectivity index is 0.0000000827. The van der Waals surface area contributed by atoms with Crippen LogP contribution in [0.5, 0.6) is 0 Å². The highest BCUT2D eigenvalue weighted by atomic mass is 32.1. The smallest absolute Gasteiger partial charge is 0.281 e. The van der Waals surface area contributed by atoms with Crippen molar-refractivity contribution < 1.29 is 17.8 Å². The highest BCUT2D eigenvalue weighted by Crippen LogP contribution is 2.38. The monoisotopic (exact) mass is 1350 g/mol. The molecule has 0 spiro atoms. The van der Waals surface area contributed by atoms with Crippen molar-refractivity contribution in [2.45, 2.75) is 33.1 Å². The number of aromatic nitrogens is 18. The van der Waals surface area contributed by atoms with Crippen molar-refractivity contribution in [1.82, 2.24) is 66.2 Å². The van der Waals surface area contributed by atoms with Crippen LogP contribution in [0.25, 0.3) is 132 Å². The van der Waals surface area contributed by atoms with Gasteiger partial charge in [-0.1, -0.05) is 133 Å². The zero-order chi connectivity index (χ0) is 66.4. The average molecular weight is 1350 g/mol. The van der Waals surface area contributed by atoms with Crippen molar-refractivity contribution >= 4 is 92.7 Å². The Kier molecular flexibility index (Phi) is 12.7. The van der Waals surface area contributed by atoms with E-state index in [2.05, 4.69) is 284 Å². The first-order chi connectivity index (χ1) is 50.0. The zero-order valence-corrected chi connectivity index (χ0v) is 56.0. The van der Waals surface area contributed by atoms with E-state index >= 15 is 0 Å². The van der Waals surface area contributed by atoms with Crippen molar-refractivity contribution in [3.8, 4) is 62.1 Å². The van der Waals surface area contributed by atoms with Gasteiger partial charge in [-0.2, -0.15) is 22.8 Å². The van der Waals surface area contributed by atoms with Crippen molar-refractivity contribution in [3.63, 3.8) is 0 Å². The summed E-state index contributed by atoms with van der Waals surface area (Å²) in [6, 6.07) is 73.4. The van der Waals surface area contributed by atoms with E-state index in [4.69, 9.17) is 4.98 Å². The first-order valence-electron chi connectivity index (χ1n) is 33.6. The molecule has 20 heteroatoms. The Morgan fingerprint density at radius 1 is 0.426 bits per heavy atom. The van der Waals surface area contributed by atoms with Crippen LogP contribution in [0.4, 0.5) is 0 Å². The highest BCUT2D eigenvalue weighted by Gasteiger charge is 2.35. The second-order valence-corrected chi connectivity index (χ2v) is 27.6. The van der Waals surface area contributed by atoms with Crippen molar-refractivity contribution in [2.75, 3.05) is 0 Å². The number of aryl methyl sites for hydroxylation is 1. The minimum absolute atomic E-state index is 0.873. The molecular weight excluding hydrogens is 1290 g/mol. The Bertz CT molecular complexity index is 6710. The largest absolute Gasteiger partial charge is 0.394 e. The number of hydrogen-bond donors (Lipinski definition) is 0. The summed E-state index contributed by atoms with van der Waals surface area (Å²) in [5.41, 5.74) is 26.9. The molecule has 21 aromatic rings. The first-order valence-corrected chi connectivity index (χ1v) is 35.2. The van der Waals surface area contributed by atoms with E-state index < -0.39 is 0 Å². The van der Waals surface area contributed by atoms with Crippen LogP contribution in [0.3, 0.4) is 0 Å². The summed E-state index contributed by atoms with van der Waals surface area (Å²) < 4.78 is 26.5. The van der Waals surface area contributed by atoms with Crippen LogP contribution in [-0.4, -0.2) is 66.2 Å². The summed E-state index contributed by atoms with van der Waals surface area (Å²) in [5, 5.41) is 8.88. The molecule has 4 aliphatic heterocycles. The standard InChI is InChI=1S/C21H16N4.2C15H11N4.2C15H10N3S/c1-15-8-5-6-11-17(15)18-14-24-19-12-7-13-22-20(19)25(21(24)23-18)16-9-3-2-4-10-16;1-2-6-13-11(4-1)8-17-10-14-18(15(13)17)9-12-5-3-7-16-19(12)14;1-2-6-13-11(4-1)8-18-14(13)10-17-9-12-5-3-7-16-19(12)15(17)18;2*1-2-5-11-10(4-1)8-17-13(11)9-18-12-6-3-7-16-14(12)19-15(17)18/h2-14H,1H3;2*1-7,9-10H,8H2;2*1-7,9H,8H2/q;4*+1. The van der Waals surface area contributed by atoms with Gasteiger partial charge in [0.2, 0.25) is 5.78 Å². The van der Waals surface area contributed by atoms with E-state index in [9.17, 15) is 0 Å². The minimum atomic E-state index is 0.873. The van der Waals surface area contributed by atoms with Crippen molar-refractivity contribution in [3.05, 3.63) is 315 Å². The molecule has 0 fully saturated rings. The predicted octanol–water partition coefficient (Wildman–Crippen LogP) is 14.2. The van der Waals surface area contributed by atoms with Gasteiger partial charge in [0.15, 0.2) is 49.4 Å². The van der Waals surface area contributed by atoms with Gasteiger partial charge in [0.05, 0.1) is 35.2 Å². The maximum absolute atomic E-state index is 4.94. The van der Waals surface area contributed by atoms with Gasteiger partial charge >= 0.3 is 15.7 Å². The summed E-state index contributed by atoms with van der Waals surface area (Å²) >= 11 is 3.52. The Morgan fingerprint density at radius 2 is 0.970 bits per heavy atom. The molecule has 6 aromatic carbocycles. The summed E-state index contributed by atoms with van der Waals surface area (Å²) in [6.45, 7) is 5.92. The maximum atomic E-state index is 4.94. The molecule has 0 saturated heterocycles. The SMILES string of the molecule is Cc1ccccc1-c1cn2c3cccnc3n(-c3ccccc3)c2n1.c1ccc2c(c1)C[n+]1cc3n(cc4cccnn43)c1-2.c1ccc2c(c1)Cn1c-2c[n+]2c3cccnc3sc12.c1ccc2c(c1)Cn1c-2c[n+]2c3cccnc3sc12.c1ccc2c(c1)Cn1c-2c[n+]2cc3cccnn3c12. The molecule has 0 bridgehead atoms. The van der Waals surface area contributed by atoms with Gasteiger partial charge in [0, 0.05) is 69.9 Å². The van der Waals surface area contributed by atoms with Gasteiger partial charge in [-0.25, -0.2) is 42.6 Å². The number of pyridine rings is 3. The van der Waals surface area contributed by atoms with Gasteiger partial charge in [-0.3, -0.25) is 8.97 Å². The number of rotatable bonds is 2. The van der Waals surface area contributed by atoms with Crippen LogP contribution in [0.1, 0.15) is 27.8 Å². The van der Waals surface area contributed by atoms with Crippen molar-refractivity contribution in [1.29, 1.82) is 0 Å². The summed E-state index contributed by atoms with van der Waals surface area (Å²) in [7, 11) is 0. The number of imidazole rings is 8. The molecule has 18 nitrogen and oxygen atoms in total. The summed E-state index contributed by atoms with van der Waals surface area (Å²) in [5.74, 6) is 3.23. The summed E-state index contributed by atoms with van der Waals surface area (Å²) in [4.78, 5) is 23.2. The number of hydrogen-bond acceptors (Lipinski definition) is 8. The summed E-state index contributed by atoms with van der Waals surface area (Å²) in [6.07, 6.45) is 24.4.